The van der Waals surface area contributed by atoms with Crippen LogP contribution in [-0.2, 0) is 0 Å². The van der Waals surface area contributed by atoms with Gasteiger partial charge in [0.15, 0.2) is 0 Å². The molecule has 0 bridgehead atoms. The molecule has 0 aromatic heterocycles. The van der Waals surface area contributed by atoms with Crippen molar-refractivity contribution in [1.29, 1.82) is 0 Å². The highest BCUT2D eigenvalue weighted by Crippen LogP contribution is 2.11. The lowest BCUT2D eigenvalue weighted by Gasteiger charge is -2.04. The average Bonchev–Trinajstić information content (AvgIpc) is 2.38. The van der Waals surface area contributed by atoms with E-state index in [1.165, 1.54) is 24.4 Å². The Balaban J connectivity index is 1.89. The molecule has 2 amide bonds. The van der Waals surface area contributed by atoms with Crippen LogP contribution in [0.3, 0.4) is 0 Å². The molecule has 2 rings (SSSR count). The number of benzene rings is 2. The summed E-state index contributed by atoms with van der Waals surface area (Å²) in [6.45, 7) is 0. The van der Waals surface area contributed by atoms with Gasteiger partial charge in [0.25, 0.3) is 0 Å². The Bertz CT molecular complexity index is 643. The van der Waals surface area contributed by atoms with Crippen molar-refractivity contribution in [2.45, 2.75) is 0 Å². The average molecular weight is 291 g/mol. The summed E-state index contributed by atoms with van der Waals surface area (Å²) in [6, 6.07) is 12.4. The van der Waals surface area contributed by atoms with Gasteiger partial charge in [0, 0.05) is 16.9 Å². The number of rotatable bonds is 3. The third kappa shape index (κ3) is 4.40. The van der Waals surface area contributed by atoms with Gasteiger partial charge in [-0.2, -0.15) is 0 Å². The largest absolute Gasteiger partial charge is 0.323 e. The lowest BCUT2D eigenvalue weighted by molar-refractivity contribution is 0.255. The summed E-state index contributed by atoms with van der Waals surface area (Å²) in [4.78, 5) is 11.6. The van der Waals surface area contributed by atoms with E-state index in [1.54, 1.807) is 24.3 Å². The minimum atomic E-state index is -0.450. The zero-order valence-electron chi connectivity index (χ0n) is 10.4. The summed E-state index contributed by atoms with van der Waals surface area (Å²) in [5, 5.41) is 5.66. The standard InChI is InChI=1S/C15H12ClFN2O/c16-12-4-1-3-11(9-12)7-8-18-15(20)19-14-6-2-5-13(17)10-14/h1-10H,(H2,18,19,20)/b8-7+. The number of anilines is 1. The molecule has 0 spiro atoms. The van der Waals surface area contributed by atoms with Crippen LogP contribution in [0.2, 0.25) is 5.02 Å². The summed E-state index contributed by atoms with van der Waals surface area (Å²) < 4.78 is 12.9. The molecule has 2 N–H and O–H groups in total. The van der Waals surface area contributed by atoms with Crippen LogP contribution in [0.1, 0.15) is 5.56 Å². The van der Waals surface area contributed by atoms with Crippen molar-refractivity contribution in [2.75, 3.05) is 5.32 Å². The second-order valence-electron chi connectivity index (χ2n) is 4.00. The van der Waals surface area contributed by atoms with E-state index in [0.29, 0.717) is 10.7 Å². The lowest BCUT2D eigenvalue weighted by Crippen LogP contribution is -2.23. The molecule has 0 saturated heterocycles. The minimum Gasteiger partial charge on any atom is -0.314 e. The van der Waals surface area contributed by atoms with Crippen LogP contribution in [0, 0.1) is 5.82 Å². The summed E-state index contributed by atoms with van der Waals surface area (Å²) >= 11 is 5.84. The number of hydrogen-bond donors (Lipinski definition) is 2. The Morgan fingerprint density at radius 1 is 1.15 bits per heavy atom. The Morgan fingerprint density at radius 2 is 1.95 bits per heavy atom. The predicted octanol–water partition coefficient (Wildman–Crippen LogP) is 4.27. The first-order valence-electron chi connectivity index (χ1n) is 5.89. The molecular formula is C15H12ClFN2O. The number of hydrogen-bond acceptors (Lipinski definition) is 1. The highest BCUT2D eigenvalue weighted by Gasteiger charge is 1.99. The number of carbonyl (C=O) groups is 1. The Labute approximate surface area is 121 Å². The Morgan fingerprint density at radius 3 is 2.70 bits per heavy atom. The molecule has 0 saturated carbocycles. The number of amides is 2. The number of halogens is 2. The van der Waals surface area contributed by atoms with Gasteiger partial charge < -0.3 is 10.6 Å². The summed E-state index contributed by atoms with van der Waals surface area (Å²) in [5.74, 6) is -0.405. The van der Waals surface area contributed by atoms with Gasteiger partial charge in [-0.15, -0.1) is 0 Å². The topological polar surface area (TPSA) is 41.1 Å². The summed E-state index contributed by atoms with van der Waals surface area (Å²) in [7, 11) is 0. The van der Waals surface area contributed by atoms with E-state index in [2.05, 4.69) is 10.6 Å². The smallest absolute Gasteiger partial charge is 0.314 e. The van der Waals surface area contributed by atoms with Gasteiger partial charge in [-0.05, 0) is 42.0 Å². The van der Waals surface area contributed by atoms with Crippen LogP contribution < -0.4 is 10.6 Å². The van der Waals surface area contributed by atoms with Gasteiger partial charge in [0.2, 0.25) is 0 Å². The quantitative estimate of drug-likeness (QED) is 0.871. The van der Waals surface area contributed by atoms with Crippen LogP contribution in [0.4, 0.5) is 14.9 Å². The molecule has 0 radical (unpaired) electrons. The molecule has 102 valence electrons. The maximum atomic E-state index is 12.9. The van der Waals surface area contributed by atoms with E-state index >= 15 is 0 Å². The Kier molecular flexibility index (Phi) is 4.74. The van der Waals surface area contributed by atoms with Crippen molar-refractivity contribution in [3.8, 4) is 0 Å². The maximum absolute atomic E-state index is 12.9. The zero-order valence-corrected chi connectivity index (χ0v) is 11.2. The number of nitrogens with one attached hydrogen (secondary N) is 2. The van der Waals surface area contributed by atoms with Crippen LogP contribution in [-0.4, -0.2) is 6.03 Å². The van der Waals surface area contributed by atoms with Gasteiger partial charge >= 0.3 is 6.03 Å². The van der Waals surface area contributed by atoms with Crippen LogP contribution in [0.15, 0.2) is 54.7 Å². The van der Waals surface area contributed by atoms with E-state index in [0.717, 1.165) is 5.56 Å². The lowest BCUT2D eigenvalue weighted by atomic mass is 10.2. The van der Waals surface area contributed by atoms with Crippen molar-refractivity contribution >= 4 is 29.4 Å². The highest BCUT2D eigenvalue weighted by atomic mass is 35.5. The van der Waals surface area contributed by atoms with Gasteiger partial charge in [-0.25, -0.2) is 9.18 Å². The predicted molar refractivity (Wildman–Crippen MR) is 79.0 cm³/mol. The first-order chi connectivity index (χ1) is 9.63. The van der Waals surface area contributed by atoms with Gasteiger partial charge in [-0.1, -0.05) is 29.8 Å². The molecule has 0 fully saturated rings. The normalized spacial score (nSPS) is 10.5. The van der Waals surface area contributed by atoms with Gasteiger partial charge in [0.05, 0.1) is 0 Å². The molecule has 5 heteroatoms. The second-order valence-corrected chi connectivity index (χ2v) is 4.43. The van der Waals surface area contributed by atoms with Gasteiger partial charge in [0.1, 0.15) is 5.82 Å². The number of carbonyl (C=O) groups excluding carboxylic acids is 1. The summed E-state index contributed by atoms with van der Waals surface area (Å²) in [6.07, 6.45) is 3.19. The van der Waals surface area contributed by atoms with Crippen molar-refractivity contribution in [3.05, 3.63) is 71.1 Å². The fourth-order valence-electron chi connectivity index (χ4n) is 1.56. The first kappa shape index (κ1) is 14.1. The molecule has 0 heterocycles. The van der Waals surface area contributed by atoms with Crippen molar-refractivity contribution in [2.24, 2.45) is 0 Å². The molecule has 0 unspecified atom stereocenters. The van der Waals surface area contributed by atoms with Crippen LogP contribution in [0.25, 0.3) is 6.08 Å². The van der Waals surface area contributed by atoms with Crippen molar-refractivity contribution in [1.82, 2.24) is 5.32 Å². The van der Waals surface area contributed by atoms with E-state index in [4.69, 9.17) is 11.6 Å². The van der Waals surface area contributed by atoms with E-state index in [-0.39, 0.29) is 0 Å². The maximum Gasteiger partial charge on any atom is 0.323 e. The third-order valence-corrected chi connectivity index (χ3v) is 2.66. The monoisotopic (exact) mass is 290 g/mol. The molecule has 3 nitrogen and oxygen atoms in total. The van der Waals surface area contributed by atoms with E-state index in [1.807, 2.05) is 12.1 Å². The molecule has 2 aromatic carbocycles. The van der Waals surface area contributed by atoms with Gasteiger partial charge in [-0.3, -0.25) is 0 Å². The zero-order chi connectivity index (χ0) is 14.4. The van der Waals surface area contributed by atoms with Crippen molar-refractivity contribution in [3.63, 3.8) is 0 Å². The molecule has 0 atom stereocenters. The summed E-state index contributed by atoms with van der Waals surface area (Å²) in [5.41, 5.74) is 1.25. The highest BCUT2D eigenvalue weighted by molar-refractivity contribution is 6.30. The molecule has 0 aliphatic carbocycles. The van der Waals surface area contributed by atoms with Crippen LogP contribution >= 0.6 is 11.6 Å². The fraction of sp³-hybridized carbons (Fsp3) is 0. The molecule has 2 aromatic rings. The van der Waals surface area contributed by atoms with E-state index < -0.39 is 11.8 Å². The molecule has 0 aliphatic heterocycles. The molecular weight excluding hydrogens is 279 g/mol. The third-order valence-electron chi connectivity index (χ3n) is 2.42. The Hall–Kier alpha value is -2.33. The minimum absolute atomic E-state index is 0.388. The van der Waals surface area contributed by atoms with Crippen LogP contribution in [0.5, 0.6) is 0 Å². The SMILES string of the molecule is O=C(N/C=C/c1cccc(Cl)c1)Nc1cccc(F)c1. The van der Waals surface area contributed by atoms with E-state index in [9.17, 15) is 9.18 Å². The molecule has 20 heavy (non-hydrogen) atoms. The molecule has 0 aliphatic rings. The number of urea groups is 1. The van der Waals surface area contributed by atoms with Crippen molar-refractivity contribution < 1.29 is 9.18 Å². The second kappa shape index (κ2) is 6.73. The first-order valence-corrected chi connectivity index (χ1v) is 6.26. The fourth-order valence-corrected chi connectivity index (χ4v) is 1.76.